The first-order valence-electron chi connectivity index (χ1n) is 6.44. The summed E-state index contributed by atoms with van der Waals surface area (Å²) < 4.78 is 15.8. The van der Waals surface area contributed by atoms with E-state index in [9.17, 15) is 14.4 Å². The van der Waals surface area contributed by atoms with Gasteiger partial charge in [-0.25, -0.2) is 0 Å². The van der Waals surface area contributed by atoms with Gasteiger partial charge in [-0.3, -0.25) is 19.3 Å². The molecule has 1 aromatic carbocycles. The molecule has 1 aromatic rings. The van der Waals surface area contributed by atoms with E-state index in [1.54, 1.807) is 12.1 Å². The van der Waals surface area contributed by atoms with Crippen LogP contribution in [0.2, 0.25) is 0 Å². The van der Waals surface area contributed by atoms with Gasteiger partial charge in [0.15, 0.2) is 11.5 Å². The summed E-state index contributed by atoms with van der Waals surface area (Å²) in [5.41, 5.74) is 0.526. The van der Waals surface area contributed by atoms with Gasteiger partial charge in [-0.15, -0.1) is 0 Å². The van der Waals surface area contributed by atoms with E-state index in [4.69, 9.17) is 19.3 Å². The van der Waals surface area contributed by atoms with Gasteiger partial charge in [-0.1, -0.05) is 0 Å². The fourth-order valence-electron chi connectivity index (χ4n) is 2.14. The van der Waals surface area contributed by atoms with Gasteiger partial charge in [-0.2, -0.15) is 0 Å². The van der Waals surface area contributed by atoms with E-state index in [-0.39, 0.29) is 11.7 Å². The van der Waals surface area contributed by atoms with Crippen LogP contribution in [0, 0.1) is 0 Å². The summed E-state index contributed by atoms with van der Waals surface area (Å²) in [6.07, 6.45) is 1.47. The number of imide groups is 1. The molecule has 0 saturated carbocycles. The van der Waals surface area contributed by atoms with E-state index in [1.807, 2.05) is 0 Å². The van der Waals surface area contributed by atoms with Crippen molar-refractivity contribution in [3.05, 3.63) is 22.6 Å². The predicted octanol–water partition coefficient (Wildman–Crippen LogP) is 1.54. The number of aliphatic carboxylic acids is 1. The smallest absolute Gasteiger partial charge is 0.323 e. The Balaban J connectivity index is 1.94. The minimum Gasteiger partial charge on any atom is -0.496 e. The lowest BCUT2D eigenvalue weighted by molar-refractivity contribution is -0.140. The number of carbonyl (C=O) groups is 3. The van der Waals surface area contributed by atoms with Crippen molar-refractivity contribution in [1.29, 1.82) is 0 Å². The van der Waals surface area contributed by atoms with Crippen molar-refractivity contribution in [2.75, 3.05) is 20.4 Å². The van der Waals surface area contributed by atoms with Crippen molar-refractivity contribution in [2.24, 2.45) is 0 Å². The maximum atomic E-state index is 12.1. The largest absolute Gasteiger partial charge is 0.496 e. The number of thioether (sulfide) groups is 1. The molecular formula is C14H11NO7S. The quantitative estimate of drug-likeness (QED) is 0.826. The van der Waals surface area contributed by atoms with Crippen molar-refractivity contribution in [3.8, 4) is 17.2 Å². The van der Waals surface area contributed by atoms with Crippen LogP contribution < -0.4 is 14.2 Å². The Kier molecular flexibility index (Phi) is 3.87. The van der Waals surface area contributed by atoms with Gasteiger partial charge in [0.1, 0.15) is 12.3 Å². The van der Waals surface area contributed by atoms with Crippen LogP contribution in [0.25, 0.3) is 6.08 Å². The summed E-state index contributed by atoms with van der Waals surface area (Å²) in [4.78, 5) is 35.4. The lowest BCUT2D eigenvalue weighted by atomic mass is 10.1. The second-order valence-corrected chi connectivity index (χ2v) is 5.60. The predicted molar refractivity (Wildman–Crippen MR) is 79.4 cm³/mol. The molecule has 9 heteroatoms. The van der Waals surface area contributed by atoms with E-state index in [0.717, 1.165) is 0 Å². The Morgan fingerprint density at radius 2 is 2.09 bits per heavy atom. The zero-order valence-corrected chi connectivity index (χ0v) is 12.7. The van der Waals surface area contributed by atoms with E-state index in [2.05, 4.69) is 0 Å². The molecule has 2 amide bonds. The fourth-order valence-corrected chi connectivity index (χ4v) is 2.97. The van der Waals surface area contributed by atoms with Gasteiger partial charge in [0.2, 0.25) is 6.79 Å². The second-order valence-electron chi connectivity index (χ2n) is 4.61. The van der Waals surface area contributed by atoms with Crippen LogP contribution in [0.15, 0.2) is 17.0 Å². The molecule has 1 saturated heterocycles. The SMILES string of the molecule is COc1cc2c(cc1/C=C1/SC(=O)N(CC(=O)O)C1=O)OCO2. The molecule has 2 aliphatic rings. The molecule has 120 valence electrons. The highest BCUT2D eigenvalue weighted by Crippen LogP contribution is 2.40. The highest BCUT2D eigenvalue weighted by Gasteiger charge is 2.36. The monoisotopic (exact) mass is 337 g/mol. The molecule has 0 aromatic heterocycles. The number of hydrogen-bond acceptors (Lipinski definition) is 7. The molecule has 23 heavy (non-hydrogen) atoms. The van der Waals surface area contributed by atoms with Crippen molar-refractivity contribution in [2.45, 2.75) is 0 Å². The molecule has 0 radical (unpaired) electrons. The number of fused-ring (bicyclic) bond motifs is 1. The number of ether oxygens (including phenoxy) is 3. The van der Waals surface area contributed by atoms with Crippen LogP contribution in [0.5, 0.6) is 17.2 Å². The second kappa shape index (κ2) is 5.84. The molecule has 0 atom stereocenters. The third-order valence-electron chi connectivity index (χ3n) is 3.18. The van der Waals surface area contributed by atoms with E-state index in [0.29, 0.717) is 39.5 Å². The number of nitrogens with zero attached hydrogens (tertiary/aromatic N) is 1. The number of hydrogen-bond donors (Lipinski definition) is 1. The summed E-state index contributed by atoms with van der Waals surface area (Å²) in [6, 6.07) is 3.25. The Hall–Kier alpha value is -2.68. The molecular weight excluding hydrogens is 326 g/mol. The lowest BCUT2D eigenvalue weighted by Crippen LogP contribution is -2.33. The topological polar surface area (TPSA) is 102 Å². The van der Waals surface area contributed by atoms with Crippen molar-refractivity contribution >= 4 is 35.0 Å². The number of methoxy groups -OCH3 is 1. The molecule has 8 nitrogen and oxygen atoms in total. The standard InChI is InChI=1S/C14H11NO7S/c1-20-8-4-10-9(21-6-22-10)2-7(8)3-11-13(18)15(5-12(16)17)14(19)23-11/h2-4H,5-6H2,1H3,(H,16,17)/b11-3+. The van der Waals surface area contributed by atoms with Crippen molar-refractivity contribution in [1.82, 2.24) is 4.90 Å². The van der Waals surface area contributed by atoms with Crippen LogP contribution in [-0.4, -0.2) is 47.6 Å². The first kappa shape index (κ1) is 15.2. The number of carboxylic acid groups (broad SMARTS) is 1. The van der Waals surface area contributed by atoms with Crippen molar-refractivity contribution < 1.29 is 33.7 Å². The third kappa shape index (κ3) is 2.82. The van der Waals surface area contributed by atoms with Crippen molar-refractivity contribution in [3.63, 3.8) is 0 Å². The Morgan fingerprint density at radius 1 is 1.39 bits per heavy atom. The number of amides is 2. The summed E-state index contributed by atoms with van der Waals surface area (Å²) >= 11 is 0.679. The van der Waals surface area contributed by atoms with Gasteiger partial charge in [-0.05, 0) is 23.9 Å². The highest BCUT2D eigenvalue weighted by atomic mass is 32.2. The number of carboxylic acids is 1. The summed E-state index contributed by atoms with van der Waals surface area (Å²) in [5.74, 6) is -0.435. The average molecular weight is 337 g/mol. The lowest BCUT2D eigenvalue weighted by Gasteiger charge is -2.08. The normalized spacial score (nSPS) is 18.0. The number of benzene rings is 1. The summed E-state index contributed by atoms with van der Waals surface area (Å²) in [5, 5.41) is 8.13. The third-order valence-corrected chi connectivity index (χ3v) is 4.09. The van der Waals surface area contributed by atoms with Gasteiger partial charge in [0, 0.05) is 11.6 Å². The number of carbonyl (C=O) groups excluding carboxylic acids is 2. The summed E-state index contributed by atoms with van der Waals surface area (Å²) in [6.45, 7) is -0.572. The van der Waals surface area contributed by atoms with Crippen LogP contribution >= 0.6 is 11.8 Å². The van der Waals surface area contributed by atoms with E-state index >= 15 is 0 Å². The first-order valence-corrected chi connectivity index (χ1v) is 7.26. The molecule has 2 aliphatic heterocycles. The summed E-state index contributed by atoms with van der Waals surface area (Å²) in [7, 11) is 1.46. The minimum atomic E-state index is -1.26. The van der Waals surface area contributed by atoms with E-state index in [1.165, 1.54) is 13.2 Å². The molecule has 1 fully saturated rings. The fraction of sp³-hybridized carbons (Fsp3) is 0.214. The Labute approximate surface area is 134 Å². The molecule has 0 bridgehead atoms. The molecule has 3 rings (SSSR count). The first-order chi connectivity index (χ1) is 11.0. The van der Waals surface area contributed by atoms with Crippen LogP contribution in [-0.2, 0) is 9.59 Å². The Bertz CT molecular complexity index is 743. The molecule has 2 heterocycles. The number of rotatable bonds is 4. The van der Waals surface area contributed by atoms with Crippen LogP contribution in [0.1, 0.15) is 5.56 Å². The van der Waals surface area contributed by atoms with Gasteiger partial charge in [0.25, 0.3) is 11.1 Å². The van der Waals surface area contributed by atoms with E-state index < -0.39 is 23.7 Å². The van der Waals surface area contributed by atoms with Gasteiger partial charge < -0.3 is 19.3 Å². The zero-order chi connectivity index (χ0) is 16.6. The zero-order valence-electron chi connectivity index (χ0n) is 11.9. The Morgan fingerprint density at radius 3 is 2.74 bits per heavy atom. The molecule has 0 aliphatic carbocycles. The van der Waals surface area contributed by atoms with Crippen LogP contribution in [0.3, 0.4) is 0 Å². The molecule has 0 unspecified atom stereocenters. The van der Waals surface area contributed by atoms with Gasteiger partial charge in [0.05, 0.1) is 12.0 Å². The molecule has 0 spiro atoms. The highest BCUT2D eigenvalue weighted by molar-refractivity contribution is 8.18. The van der Waals surface area contributed by atoms with Crippen LogP contribution in [0.4, 0.5) is 4.79 Å². The maximum absolute atomic E-state index is 12.1. The minimum absolute atomic E-state index is 0.0943. The molecule has 1 N–H and O–H groups in total. The maximum Gasteiger partial charge on any atom is 0.323 e. The average Bonchev–Trinajstić information content (AvgIpc) is 3.06. The van der Waals surface area contributed by atoms with Gasteiger partial charge >= 0.3 is 5.97 Å².